The number of benzene rings is 6. The molecule has 4 aliphatic carbocycles. The lowest BCUT2D eigenvalue weighted by Crippen LogP contribution is -2.48. The number of rotatable bonds is 5. The van der Waals surface area contributed by atoms with E-state index in [0.29, 0.717) is 17.5 Å². The van der Waals surface area contributed by atoms with Crippen LogP contribution in [-0.4, -0.2) is 15.0 Å². The van der Waals surface area contributed by atoms with Crippen molar-refractivity contribution in [2.75, 3.05) is 0 Å². The van der Waals surface area contributed by atoms with E-state index in [1.807, 2.05) is 24.3 Å². The van der Waals surface area contributed by atoms with Crippen LogP contribution in [-0.2, 0) is 5.41 Å². The molecule has 3 heterocycles. The van der Waals surface area contributed by atoms with Crippen LogP contribution in [0, 0.1) is 17.8 Å². The minimum absolute atomic E-state index is 0.201. The molecule has 5 heteroatoms. The highest BCUT2D eigenvalue weighted by molar-refractivity contribution is 6.10. The summed E-state index contributed by atoms with van der Waals surface area (Å²) in [5, 5.41) is 4.24. The molecule has 4 saturated carbocycles. The first-order chi connectivity index (χ1) is 26.6. The molecule has 6 aromatic carbocycles. The van der Waals surface area contributed by atoms with Crippen molar-refractivity contribution in [2.24, 2.45) is 17.8 Å². The van der Waals surface area contributed by atoms with Crippen molar-refractivity contribution in [2.45, 2.75) is 43.9 Å². The van der Waals surface area contributed by atoms with Gasteiger partial charge in [-0.15, -0.1) is 0 Å². The van der Waals surface area contributed by atoms with E-state index >= 15 is 0 Å². The highest BCUT2D eigenvalue weighted by atomic mass is 16.3. The second-order valence-corrected chi connectivity index (χ2v) is 16.2. The summed E-state index contributed by atoms with van der Waals surface area (Å²) in [6.07, 6.45) is 8.08. The smallest absolute Gasteiger partial charge is 0.167 e. The standard InChI is InChI=1S/C49H37N3O2/c1-2-10-32(11-3-1)33-23-34(25-35(24-33)49-26-29-20-30(27-49)22-31(21-29)28-49)46-50-47(40-16-8-14-38-36-12-4-6-18-42(36)53-44(38)40)52-48(51-46)41-17-9-15-39-37-13-5-7-19-43(37)54-45(39)41/h1-19,23-25,29-31H,20-22,26-28H2. The van der Waals surface area contributed by atoms with Crippen molar-refractivity contribution in [1.82, 2.24) is 15.0 Å². The first-order valence-electron chi connectivity index (χ1n) is 19.4. The summed E-state index contributed by atoms with van der Waals surface area (Å²) in [7, 11) is 0. The highest BCUT2D eigenvalue weighted by Gasteiger charge is 2.51. The lowest BCUT2D eigenvalue weighted by molar-refractivity contribution is -0.00515. The van der Waals surface area contributed by atoms with Gasteiger partial charge in [-0.2, -0.15) is 0 Å². The molecule has 0 atom stereocenters. The van der Waals surface area contributed by atoms with Gasteiger partial charge in [-0.3, -0.25) is 0 Å². The van der Waals surface area contributed by atoms with Crippen LogP contribution in [0.3, 0.4) is 0 Å². The van der Waals surface area contributed by atoms with Crippen LogP contribution >= 0.6 is 0 Å². The quantitative estimate of drug-likeness (QED) is 0.179. The van der Waals surface area contributed by atoms with Crippen molar-refractivity contribution < 1.29 is 8.83 Å². The third-order valence-corrected chi connectivity index (χ3v) is 12.9. The summed E-state index contributed by atoms with van der Waals surface area (Å²) < 4.78 is 13.1. The molecule has 9 aromatic rings. The van der Waals surface area contributed by atoms with E-state index in [1.54, 1.807) is 0 Å². The summed E-state index contributed by atoms with van der Waals surface area (Å²) >= 11 is 0. The molecule has 54 heavy (non-hydrogen) atoms. The number of para-hydroxylation sites is 4. The number of nitrogens with zero attached hydrogens (tertiary/aromatic N) is 3. The minimum Gasteiger partial charge on any atom is -0.455 e. The fourth-order valence-corrected chi connectivity index (χ4v) is 10.9. The Morgan fingerprint density at radius 3 is 1.48 bits per heavy atom. The number of aromatic nitrogens is 3. The van der Waals surface area contributed by atoms with Crippen LogP contribution in [0.25, 0.3) is 89.2 Å². The van der Waals surface area contributed by atoms with Gasteiger partial charge in [-0.1, -0.05) is 97.1 Å². The molecule has 0 unspecified atom stereocenters. The maximum absolute atomic E-state index is 6.55. The zero-order valence-corrected chi connectivity index (χ0v) is 29.8. The first-order valence-corrected chi connectivity index (χ1v) is 19.4. The van der Waals surface area contributed by atoms with Crippen molar-refractivity contribution >= 4 is 43.9 Å². The Labute approximate surface area is 312 Å². The molecule has 3 aromatic heterocycles. The van der Waals surface area contributed by atoms with Gasteiger partial charge in [0.05, 0.1) is 11.1 Å². The van der Waals surface area contributed by atoms with E-state index in [2.05, 4.69) is 109 Å². The maximum Gasteiger partial charge on any atom is 0.167 e. The fourth-order valence-electron chi connectivity index (χ4n) is 10.9. The normalized spacial score (nSPS) is 21.9. The van der Waals surface area contributed by atoms with Crippen LogP contribution < -0.4 is 0 Å². The molecule has 4 bridgehead atoms. The highest BCUT2D eigenvalue weighted by Crippen LogP contribution is 2.61. The van der Waals surface area contributed by atoms with E-state index < -0.39 is 0 Å². The molecule has 0 spiro atoms. The zero-order valence-electron chi connectivity index (χ0n) is 29.8. The summed E-state index contributed by atoms with van der Waals surface area (Å²) in [5.41, 5.74) is 9.99. The van der Waals surface area contributed by atoms with Crippen molar-refractivity contribution in [3.8, 4) is 45.3 Å². The third kappa shape index (κ3) is 4.67. The van der Waals surface area contributed by atoms with Crippen LogP contribution in [0.1, 0.15) is 44.1 Å². The van der Waals surface area contributed by atoms with Crippen LogP contribution in [0.5, 0.6) is 0 Å². The van der Waals surface area contributed by atoms with E-state index in [0.717, 1.165) is 78.3 Å². The molecule has 0 amide bonds. The summed E-state index contributed by atoms with van der Waals surface area (Å²) in [6.45, 7) is 0. The Balaban J connectivity index is 1.12. The van der Waals surface area contributed by atoms with Crippen LogP contribution in [0.4, 0.5) is 0 Å². The predicted molar refractivity (Wildman–Crippen MR) is 216 cm³/mol. The van der Waals surface area contributed by atoms with Gasteiger partial charge in [0.2, 0.25) is 0 Å². The summed E-state index contributed by atoms with van der Waals surface area (Å²) in [6, 6.07) is 46.9. The minimum atomic E-state index is 0.201. The molecular formula is C49H37N3O2. The first kappa shape index (κ1) is 30.4. The second-order valence-electron chi connectivity index (χ2n) is 16.2. The molecule has 0 N–H and O–H groups in total. The lowest BCUT2D eigenvalue weighted by atomic mass is 9.48. The van der Waals surface area contributed by atoms with Crippen molar-refractivity contribution in [1.29, 1.82) is 0 Å². The van der Waals surface area contributed by atoms with Gasteiger partial charge in [0.25, 0.3) is 0 Å². The molecule has 4 fully saturated rings. The van der Waals surface area contributed by atoms with Crippen molar-refractivity contribution in [3.05, 3.63) is 139 Å². The molecule has 13 rings (SSSR count). The number of fused-ring (bicyclic) bond motifs is 6. The summed E-state index contributed by atoms with van der Waals surface area (Å²) in [5.74, 6) is 4.32. The Morgan fingerprint density at radius 2 is 0.907 bits per heavy atom. The maximum atomic E-state index is 6.55. The lowest BCUT2D eigenvalue weighted by Gasteiger charge is -2.57. The molecule has 4 aliphatic rings. The van der Waals surface area contributed by atoms with Crippen LogP contribution in [0.15, 0.2) is 142 Å². The third-order valence-electron chi connectivity index (χ3n) is 12.9. The van der Waals surface area contributed by atoms with Gasteiger partial charge in [0, 0.05) is 27.1 Å². The van der Waals surface area contributed by atoms with E-state index in [1.165, 1.54) is 55.2 Å². The average Bonchev–Trinajstić information content (AvgIpc) is 3.79. The molecule has 0 aliphatic heterocycles. The number of hydrogen-bond donors (Lipinski definition) is 0. The van der Waals surface area contributed by atoms with Crippen molar-refractivity contribution in [3.63, 3.8) is 0 Å². The topological polar surface area (TPSA) is 65.0 Å². The largest absolute Gasteiger partial charge is 0.455 e. The monoisotopic (exact) mass is 699 g/mol. The molecule has 260 valence electrons. The average molecular weight is 700 g/mol. The Kier molecular flexibility index (Phi) is 6.45. The van der Waals surface area contributed by atoms with E-state index in [4.69, 9.17) is 23.8 Å². The van der Waals surface area contributed by atoms with Gasteiger partial charge >= 0.3 is 0 Å². The number of furan rings is 2. The Morgan fingerprint density at radius 1 is 0.426 bits per heavy atom. The van der Waals surface area contributed by atoms with E-state index in [-0.39, 0.29) is 5.41 Å². The van der Waals surface area contributed by atoms with Gasteiger partial charge in [-0.05, 0) is 115 Å². The second kappa shape index (κ2) is 11.5. The SMILES string of the molecule is c1ccc(-c2cc(-c3nc(-c4cccc5c4oc4ccccc45)nc(-c4cccc5c4oc4ccccc45)n3)cc(C34CC5CC(CC(C5)C3)C4)c2)cc1. The molecule has 0 radical (unpaired) electrons. The van der Waals surface area contributed by atoms with Gasteiger partial charge < -0.3 is 8.83 Å². The molecule has 5 nitrogen and oxygen atoms in total. The Bertz CT molecular complexity index is 2770. The Hall–Kier alpha value is -6.07. The number of hydrogen-bond acceptors (Lipinski definition) is 5. The van der Waals surface area contributed by atoms with E-state index in [9.17, 15) is 0 Å². The predicted octanol–water partition coefficient (Wildman–Crippen LogP) is 12.8. The molecule has 0 saturated heterocycles. The van der Waals surface area contributed by atoms with Crippen LogP contribution in [0.2, 0.25) is 0 Å². The van der Waals surface area contributed by atoms with Gasteiger partial charge in [0.1, 0.15) is 22.3 Å². The fraction of sp³-hybridized carbons (Fsp3) is 0.204. The van der Waals surface area contributed by atoms with Gasteiger partial charge in [0.15, 0.2) is 17.5 Å². The molecular weight excluding hydrogens is 663 g/mol. The zero-order chi connectivity index (χ0) is 35.4. The van der Waals surface area contributed by atoms with Gasteiger partial charge in [-0.25, -0.2) is 15.0 Å². The summed E-state index contributed by atoms with van der Waals surface area (Å²) in [4.78, 5) is 16.0.